The Morgan fingerprint density at radius 1 is 1.25 bits per heavy atom. The molecule has 1 aliphatic carbocycles. The van der Waals surface area contributed by atoms with Gasteiger partial charge in [0, 0.05) is 0 Å². The molecular formula is C15H28O. The fraction of sp³-hybridized carbons (Fsp3) is 0.867. The van der Waals surface area contributed by atoms with Gasteiger partial charge in [-0.15, -0.1) is 0 Å². The summed E-state index contributed by atoms with van der Waals surface area (Å²) in [5, 5.41) is 10.0. The van der Waals surface area contributed by atoms with Crippen LogP contribution in [0.3, 0.4) is 0 Å². The molecule has 0 radical (unpaired) electrons. The van der Waals surface area contributed by atoms with Crippen molar-refractivity contribution in [2.45, 2.75) is 66.4 Å². The summed E-state index contributed by atoms with van der Waals surface area (Å²) < 4.78 is 0. The van der Waals surface area contributed by atoms with E-state index >= 15 is 0 Å². The molecule has 1 aliphatic rings. The number of aliphatic hydroxyl groups is 1. The van der Waals surface area contributed by atoms with Gasteiger partial charge >= 0.3 is 0 Å². The third-order valence-electron chi connectivity index (χ3n) is 4.00. The topological polar surface area (TPSA) is 20.2 Å². The number of allylic oxidation sites excluding steroid dienone is 2. The first-order valence-corrected chi connectivity index (χ1v) is 6.62. The van der Waals surface area contributed by atoms with Crippen LogP contribution in [-0.4, -0.2) is 11.2 Å². The molecule has 3 atom stereocenters. The molecule has 0 heterocycles. The second kappa shape index (κ2) is 5.35. The zero-order valence-corrected chi connectivity index (χ0v) is 11.6. The van der Waals surface area contributed by atoms with Crippen molar-refractivity contribution in [1.29, 1.82) is 0 Å². The van der Waals surface area contributed by atoms with Crippen LogP contribution in [0.25, 0.3) is 0 Å². The van der Waals surface area contributed by atoms with Crippen LogP contribution in [0.4, 0.5) is 0 Å². The summed E-state index contributed by atoms with van der Waals surface area (Å²) in [6, 6.07) is 0. The summed E-state index contributed by atoms with van der Waals surface area (Å²) in [6.07, 6.45) is 6.62. The Morgan fingerprint density at radius 3 is 2.38 bits per heavy atom. The molecule has 1 N–H and O–H groups in total. The van der Waals surface area contributed by atoms with Gasteiger partial charge in [0.1, 0.15) is 0 Å². The zero-order chi connectivity index (χ0) is 12.3. The van der Waals surface area contributed by atoms with Gasteiger partial charge in [0.2, 0.25) is 0 Å². The van der Waals surface area contributed by atoms with E-state index in [1.54, 1.807) is 0 Å². The highest BCUT2D eigenvalue weighted by molar-refractivity contribution is 4.96. The van der Waals surface area contributed by atoms with Crippen molar-refractivity contribution in [2.24, 2.45) is 17.3 Å². The zero-order valence-electron chi connectivity index (χ0n) is 11.6. The number of aliphatic hydroxyl groups excluding tert-OH is 1. The Labute approximate surface area is 101 Å². The molecule has 0 aromatic carbocycles. The van der Waals surface area contributed by atoms with Crippen molar-refractivity contribution in [3.63, 3.8) is 0 Å². The molecule has 1 heteroatoms. The number of rotatable bonds is 2. The summed E-state index contributed by atoms with van der Waals surface area (Å²) in [6.45, 7) is 11.3. The molecule has 0 aliphatic heterocycles. The van der Waals surface area contributed by atoms with Gasteiger partial charge in [-0.3, -0.25) is 0 Å². The molecule has 0 aromatic rings. The molecule has 1 saturated carbocycles. The van der Waals surface area contributed by atoms with E-state index in [9.17, 15) is 5.11 Å². The van der Waals surface area contributed by atoms with Crippen LogP contribution in [0.5, 0.6) is 0 Å². The molecule has 0 spiro atoms. The third kappa shape index (κ3) is 3.93. The van der Waals surface area contributed by atoms with Crippen LogP contribution in [0, 0.1) is 17.3 Å². The van der Waals surface area contributed by atoms with Crippen molar-refractivity contribution in [3.8, 4) is 0 Å². The van der Waals surface area contributed by atoms with Gasteiger partial charge in [-0.05, 0) is 56.8 Å². The van der Waals surface area contributed by atoms with Gasteiger partial charge < -0.3 is 5.11 Å². The molecule has 1 nitrogen and oxygen atoms in total. The normalized spacial score (nSPS) is 31.2. The highest BCUT2D eigenvalue weighted by Gasteiger charge is 2.34. The second-order valence-electron chi connectivity index (χ2n) is 6.72. The van der Waals surface area contributed by atoms with Gasteiger partial charge in [-0.1, -0.05) is 32.4 Å². The summed E-state index contributed by atoms with van der Waals surface area (Å²) in [4.78, 5) is 0. The Kier molecular flexibility index (Phi) is 4.61. The van der Waals surface area contributed by atoms with Crippen molar-refractivity contribution < 1.29 is 5.11 Å². The van der Waals surface area contributed by atoms with E-state index in [-0.39, 0.29) is 6.10 Å². The smallest absolute Gasteiger partial charge is 0.0571 e. The maximum absolute atomic E-state index is 10.0. The van der Waals surface area contributed by atoms with E-state index in [0.29, 0.717) is 11.3 Å². The molecular weight excluding hydrogens is 196 g/mol. The average molecular weight is 224 g/mol. The quantitative estimate of drug-likeness (QED) is 0.698. The average Bonchev–Trinajstić information content (AvgIpc) is 2.14. The predicted molar refractivity (Wildman–Crippen MR) is 70.3 cm³/mol. The summed E-state index contributed by atoms with van der Waals surface area (Å²) >= 11 is 0. The van der Waals surface area contributed by atoms with Crippen LogP contribution < -0.4 is 0 Å². The standard InChI is InChI=1S/C15H28O/c1-11(2)6-7-12-10-13(15(3,4)5)8-9-14(12)16/h6,12-14,16H,7-10H2,1-5H3. The molecule has 1 fully saturated rings. The monoisotopic (exact) mass is 224 g/mol. The Hall–Kier alpha value is -0.300. The lowest BCUT2D eigenvalue weighted by Gasteiger charge is -2.40. The van der Waals surface area contributed by atoms with Crippen LogP contribution in [0.15, 0.2) is 11.6 Å². The molecule has 3 unspecified atom stereocenters. The lowest BCUT2D eigenvalue weighted by molar-refractivity contribution is 0.0207. The number of hydrogen-bond acceptors (Lipinski definition) is 1. The lowest BCUT2D eigenvalue weighted by atomic mass is 9.67. The first-order valence-electron chi connectivity index (χ1n) is 6.62. The minimum atomic E-state index is -0.0748. The Bertz CT molecular complexity index is 243. The SMILES string of the molecule is CC(C)=CCC1CC(C(C)(C)C)CCC1O. The highest BCUT2D eigenvalue weighted by Crippen LogP contribution is 2.41. The Morgan fingerprint density at radius 2 is 1.88 bits per heavy atom. The molecule has 94 valence electrons. The molecule has 1 rings (SSSR count). The van der Waals surface area contributed by atoms with Gasteiger partial charge in [-0.25, -0.2) is 0 Å². The van der Waals surface area contributed by atoms with Gasteiger partial charge in [0.05, 0.1) is 6.10 Å². The summed E-state index contributed by atoms with van der Waals surface area (Å²) in [7, 11) is 0. The minimum Gasteiger partial charge on any atom is -0.393 e. The van der Waals surface area contributed by atoms with Crippen molar-refractivity contribution in [1.82, 2.24) is 0 Å². The van der Waals surface area contributed by atoms with E-state index in [1.807, 2.05) is 0 Å². The first kappa shape index (κ1) is 13.8. The van der Waals surface area contributed by atoms with E-state index in [2.05, 4.69) is 40.7 Å². The summed E-state index contributed by atoms with van der Waals surface area (Å²) in [5.41, 5.74) is 1.76. The van der Waals surface area contributed by atoms with E-state index in [4.69, 9.17) is 0 Å². The molecule has 0 saturated heterocycles. The van der Waals surface area contributed by atoms with Crippen LogP contribution in [0.1, 0.15) is 60.3 Å². The van der Waals surface area contributed by atoms with Gasteiger partial charge in [-0.2, -0.15) is 0 Å². The first-order chi connectivity index (χ1) is 7.30. The van der Waals surface area contributed by atoms with Crippen LogP contribution in [-0.2, 0) is 0 Å². The van der Waals surface area contributed by atoms with Crippen LogP contribution >= 0.6 is 0 Å². The van der Waals surface area contributed by atoms with Crippen LogP contribution in [0.2, 0.25) is 0 Å². The van der Waals surface area contributed by atoms with E-state index < -0.39 is 0 Å². The fourth-order valence-electron chi connectivity index (χ4n) is 2.67. The minimum absolute atomic E-state index is 0.0748. The van der Waals surface area contributed by atoms with Crippen molar-refractivity contribution in [3.05, 3.63) is 11.6 Å². The maximum Gasteiger partial charge on any atom is 0.0571 e. The Balaban J connectivity index is 2.59. The molecule has 0 amide bonds. The largest absolute Gasteiger partial charge is 0.393 e. The predicted octanol–water partition coefficient (Wildman–Crippen LogP) is 4.17. The van der Waals surface area contributed by atoms with Crippen molar-refractivity contribution >= 4 is 0 Å². The van der Waals surface area contributed by atoms with E-state index in [0.717, 1.165) is 18.8 Å². The maximum atomic E-state index is 10.0. The molecule has 0 bridgehead atoms. The number of hydrogen-bond donors (Lipinski definition) is 1. The van der Waals surface area contributed by atoms with E-state index in [1.165, 1.54) is 18.4 Å². The second-order valence-corrected chi connectivity index (χ2v) is 6.72. The lowest BCUT2D eigenvalue weighted by Crippen LogP contribution is -2.34. The fourth-order valence-corrected chi connectivity index (χ4v) is 2.67. The summed E-state index contributed by atoms with van der Waals surface area (Å²) in [5.74, 6) is 1.25. The third-order valence-corrected chi connectivity index (χ3v) is 4.00. The van der Waals surface area contributed by atoms with Gasteiger partial charge in [0.15, 0.2) is 0 Å². The van der Waals surface area contributed by atoms with Crippen molar-refractivity contribution in [2.75, 3.05) is 0 Å². The van der Waals surface area contributed by atoms with Gasteiger partial charge in [0.25, 0.3) is 0 Å². The molecule has 0 aromatic heterocycles. The molecule has 16 heavy (non-hydrogen) atoms. The highest BCUT2D eigenvalue weighted by atomic mass is 16.3.